The predicted octanol–water partition coefficient (Wildman–Crippen LogP) is 3.49. The number of carbonyl (C=O) groups is 2. The Labute approximate surface area is 243 Å². The molecule has 0 radical (unpaired) electrons. The topological polar surface area (TPSA) is 131 Å². The van der Waals surface area contributed by atoms with Crippen LogP contribution in [0.3, 0.4) is 0 Å². The Morgan fingerprint density at radius 1 is 1.22 bits per heavy atom. The maximum Gasteiger partial charge on any atom is 0.293 e. The minimum Gasteiger partial charge on any atom is -0.497 e. The van der Waals surface area contributed by atoms with Gasteiger partial charge in [-0.1, -0.05) is 0 Å². The van der Waals surface area contributed by atoms with Gasteiger partial charge in [0.1, 0.15) is 40.3 Å². The van der Waals surface area contributed by atoms with Gasteiger partial charge in [-0.15, -0.1) is 0 Å². The number of nitrogens with one attached hydrogen (secondary N) is 2. The molecule has 2 unspecified atom stereocenters. The number of ether oxygens (including phenoxy) is 3. The molecule has 0 amide bonds. The molecule has 1 aromatic heterocycles. The average Bonchev–Trinajstić information content (AvgIpc) is 3.70. The normalized spacial score (nSPS) is 17.6. The van der Waals surface area contributed by atoms with E-state index in [1.54, 1.807) is 20.3 Å². The van der Waals surface area contributed by atoms with Crippen molar-refractivity contribution < 1.29 is 23.8 Å². The Morgan fingerprint density at radius 3 is 2.34 bits per heavy atom. The van der Waals surface area contributed by atoms with E-state index in [1.165, 1.54) is 19.8 Å². The second-order valence-corrected chi connectivity index (χ2v) is 11.3. The van der Waals surface area contributed by atoms with Gasteiger partial charge in [0.2, 0.25) is 0 Å². The van der Waals surface area contributed by atoms with Crippen molar-refractivity contribution in [2.75, 3.05) is 58.8 Å². The zero-order chi connectivity index (χ0) is 30.0. The lowest BCUT2D eigenvalue weighted by atomic mass is 9.89. The van der Waals surface area contributed by atoms with Crippen molar-refractivity contribution in [3.63, 3.8) is 0 Å². The largest absolute Gasteiger partial charge is 0.497 e. The molecule has 0 saturated carbocycles. The van der Waals surface area contributed by atoms with Crippen LogP contribution in [-0.2, 0) is 14.3 Å². The summed E-state index contributed by atoms with van der Waals surface area (Å²) in [6, 6.07) is 7.87. The lowest BCUT2D eigenvalue weighted by Gasteiger charge is -2.18. The van der Waals surface area contributed by atoms with Crippen LogP contribution in [0.15, 0.2) is 18.2 Å². The number of benzene rings is 1. The third-order valence-electron chi connectivity index (χ3n) is 7.14. The van der Waals surface area contributed by atoms with Gasteiger partial charge in [0.25, 0.3) is 6.47 Å². The highest BCUT2D eigenvalue weighted by Crippen LogP contribution is 2.36. The van der Waals surface area contributed by atoms with E-state index in [0.29, 0.717) is 40.6 Å². The highest BCUT2D eigenvalue weighted by atomic mass is 16.5. The van der Waals surface area contributed by atoms with Crippen LogP contribution in [0.1, 0.15) is 75.7 Å². The SMILES string of the molecule is CC(C)(C)OC=O.COc1cc(OC)cc(C(C(C)=O)c2nn(C3CCNC3)c(NCCN3CCCC3)c2C#N)c1. The van der Waals surface area contributed by atoms with Crippen molar-refractivity contribution in [3.05, 3.63) is 35.0 Å². The molecule has 11 nitrogen and oxygen atoms in total. The van der Waals surface area contributed by atoms with Gasteiger partial charge in [-0.3, -0.25) is 9.59 Å². The van der Waals surface area contributed by atoms with Crippen molar-refractivity contribution in [1.82, 2.24) is 20.0 Å². The van der Waals surface area contributed by atoms with E-state index in [4.69, 9.17) is 14.6 Å². The predicted molar refractivity (Wildman–Crippen MR) is 157 cm³/mol. The molecule has 2 atom stereocenters. The molecule has 0 aliphatic carbocycles. The third-order valence-corrected chi connectivity index (χ3v) is 7.14. The quantitative estimate of drug-likeness (QED) is 0.388. The molecule has 11 heteroatoms. The number of nitrogens with zero attached hydrogens (tertiary/aromatic N) is 4. The van der Waals surface area contributed by atoms with Crippen LogP contribution in [0.5, 0.6) is 11.5 Å². The second kappa shape index (κ2) is 14.8. The number of likely N-dealkylation sites (tertiary alicyclic amines) is 1. The van der Waals surface area contributed by atoms with Gasteiger partial charge in [0, 0.05) is 25.7 Å². The number of aromatic nitrogens is 2. The molecule has 41 heavy (non-hydrogen) atoms. The van der Waals surface area contributed by atoms with Crippen molar-refractivity contribution in [3.8, 4) is 17.6 Å². The van der Waals surface area contributed by atoms with E-state index in [-0.39, 0.29) is 17.4 Å². The minimum absolute atomic E-state index is 0.0929. The molecule has 4 rings (SSSR count). The zero-order valence-corrected chi connectivity index (χ0v) is 25.2. The number of nitriles is 1. The fraction of sp³-hybridized carbons (Fsp3) is 0.600. The van der Waals surface area contributed by atoms with Gasteiger partial charge in [-0.25, -0.2) is 4.68 Å². The van der Waals surface area contributed by atoms with Crippen LogP contribution in [-0.4, -0.2) is 86.0 Å². The molecule has 3 heterocycles. The highest BCUT2D eigenvalue weighted by Gasteiger charge is 2.32. The number of Topliss-reactive ketones (excluding diaryl/α,β-unsaturated/α-hetero) is 1. The van der Waals surface area contributed by atoms with Gasteiger partial charge in [0.15, 0.2) is 0 Å². The summed E-state index contributed by atoms with van der Waals surface area (Å²) in [7, 11) is 3.15. The maximum absolute atomic E-state index is 13.0. The molecule has 0 spiro atoms. The number of methoxy groups -OCH3 is 2. The first kappa shape index (κ1) is 31.9. The number of hydrogen-bond acceptors (Lipinski definition) is 10. The van der Waals surface area contributed by atoms with Crippen molar-refractivity contribution in [2.45, 2.75) is 64.5 Å². The summed E-state index contributed by atoms with van der Waals surface area (Å²) in [5, 5.41) is 22.0. The molecular formula is C30H44N6O5. The molecule has 2 N–H and O–H groups in total. The molecular weight excluding hydrogens is 524 g/mol. The van der Waals surface area contributed by atoms with Gasteiger partial charge in [-0.05, 0) is 84.3 Å². The monoisotopic (exact) mass is 568 g/mol. The summed E-state index contributed by atoms with van der Waals surface area (Å²) in [6.07, 6.45) is 3.40. The molecule has 224 valence electrons. The third kappa shape index (κ3) is 8.68. The van der Waals surface area contributed by atoms with Gasteiger partial charge >= 0.3 is 0 Å². The Morgan fingerprint density at radius 2 is 1.88 bits per heavy atom. The van der Waals surface area contributed by atoms with Crippen LogP contribution in [0.25, 0.3) is 0 Å². The molecule has 2 aliphatic heterocycles. The number of hydrogen-bond donors (Lipinski definition) is 2. The summed E-state index contributed by atoms with van der Waals surface area (Å²) in [6.45, 7) is 13.0. The van der Waals surface area contributed by atoms with Crippen LogP contribution in [0.2, 0.25) is 0 Å². The van der Waals surface area contributed by atoms with E-state index in [2.05, 4.69) is 26.3 Å². The van der Waals surface area contributed by atoms with E-state index < -0.39 is 5.92 Å². The fourth-order valence-electron chi connectivity index (χ4n) is 5.11. The smallest absolute Gasteiger partial charge is 0.293 e. The molecule has 0 bridgehead atoms. The summed E-state index contributed by atoms with van der Waals surface area (Å²) in [5.41, 5.74) is 1.27. The number of anilines is 1. The van der Waals surface area contributed by atoms with Crippen LogP contribution < -0.4 is 20.1 Å². The average molecular weight is 569 g/mol. The van der Waals surface area contributed by atoms with Crippen LogP contribution >= 0.6 is 0 Å². The summed E-state index contributed by atoms with van der Waals surface area (Å²) < 4.78 is 17.3. The number of carbonyl (C=O) groups excluding carboxylic acids is 2. The van der Waals surface area contributed by atoms with E-state index in [9.17, 15) is 14.9 Å². The maximum atomic E-state index is 13.0. The molecule has 2 fully saturated rings. The molecule has 2 saturated heterocycles. The van der Waals surface area contributed by atoms with Crippen LogP contribution in [0.4, 0.5) is 5.82 Å². The first-order valence-electron chi connectivity index (χ1n) is 14.2. The minimum atomic E-state index is -0.701. The van der Waals surface area contributed by atoms with Gasteiger partial charge in [0.05, 0.1) is 31.9 Å². The van der Waals surface area contributed by atoms with E-state index >= 15 is 0 Å². The summed E-state index contributed by atoms with van der Waals surface area (Å²) >= 11 is 0. The first-order valence-corrected chi connectivity index (χ1v) is 14.2. The first-order chi connectivity index (χ1) is 19.6. The molecule has 2 aliphatic rings. The van der Waals surface area contributed by atoms with Gasteiger partial charge < -0.3 is 29.7 Å². The van der Waals surface area contributed by atoms with E-state index in [0.717, 1.165) is 45.7 Å². The summed E-state index contributed by atoms with van der Waals surface area (Å²) in [4.78, 5) is 25.0. The number of rotatable bonds is 11. The molecule has 1 aromatic carbocycles. The molecule has 2 aromatic rings. The Bertz CT molecular complexity index is 1180. The van der Waals surface area contributed by atoms with Gasteiger partial charge in [-0.2, -0.15) is 10.4 Å². The van der Waals surface area contributed by atoms with Crippen molar-refractivity contribution >= 4 is 18.1 Å². The lowest BCUT2D eigenvalue weighted by Crippen LogP contribution is -2.27. The zero-order valence-electron chi connectivity index (χ0n) is 25.2. The highest BCUT2D eigenvalue weighted by molar-refractivity contribution is 5.88. The van der Waals surface area contributed by atoms with E-state index in [1.807, 2.05) is 37.6 Å². The Balaban J connectivity index is 0.000000587. The van der Waals surface area contributed by atoms with Crippen LogP contribution in [0, 0.1) is 11.3 Å². The standard InChI is InChI=1S/C25H34N6O3.C5H10O2/c1-17(32)23(18-12-20(33-2)14-21(13-18)34-3)24-22(15-26)25(28-8-11-30-9-4-5-10-30)31(29-24)19-6-7-27-16-19;1-5(2,3)7-4-6/h12-14,19,23,27-28H,4-11,16H2,1-3H3;4H,1-3H3. The summed E-state index contributed by atoms with van der Waals surface area (Å²) in [5.74, 6) is 1.08. The fourth-order valence-corrected chi connectivity index (χ4v) is 5.11. The Kier molecular flexibility index (Phi) is 11.6. The second-order valence-electron chi connectivity index (χ2n) is 11.3. The van der Waals surface area contributed by atoms with Crippen molar-refractivity contribution in [1.29, 1.82) is 5.26 Å². The van der Waals surface area contributed by atoms with Crippen molar-refractivity contribution in [2.24, 2.45) is 0 Å². The Hall–Kier alpha value is -3.62. The lowest BCUT2D eigenvalue weighted by molar-refractivity contribution is -0.138. The number of ketones is 1.